The summed E-state index contributed by atoms with van der Waals surface area (Å²) < 4.78 is 0. The first-order valence-corrected chi connectivity index (χ1v) is 5.39. The zero-order chi connectivity index (χ0) is 9.68. The molecule has 0 amide bonds. The van der Waals surface area contributed by atoms with E-state index in [0.29, 0.717) is 11.8 Å². The van der Waals surface area contributed by atoms with Crippen LogP contribution in [0.1, 0.15) is 13.3 Å². The second kappa shape index (κ2) is 5.63. The SMILES string of the molecule is CC(O)C1CCN(C/C=C/CCl)C1. The Morgan fingerprint density at radius 1 is 1.62 bits per heavy atom. The molecule has 0 aromatic rings. The molecule has 0 saturated carbocycles. The molecule has 13 heavy (non-hydrogen) atoms. The first kappa shape index (κ1) is 11.0. The van der Waals surface area contributed by atoms with Crippen molar-refractivity contribution in [2.75, 3.05) is 25.5 Å². The van der Waals surface area contributed by atoms with E-state index in [4.69, 9.17) is 11.6 Å². The molecule has 76 valence electrons. The first-order chi connectivity index (χ1) is 6.24. The van der Waals surface area contributed by atoms with Crippen molar-refractivity contribution in [1.82, 2.24) is 4.90 Å². The van der Waals surface area contributed by atoms with Crippen LogP contribution in [0, 0.1) is 5.92 Å². The van der Waals surface area contributed by atoms with Crippen LogP contribution >= 0.6 is 11.6 Å². The zero-order valence-electron chi connectivity index (χ0n) is 8.12. The largest absolute Gasteiger partial charge is 0.393 e. The van der Waals surface area contributed by atoms with E-state index in [0.717, 1.165) is 26.1 Å². The molecule has 2 nitrogen and oxygen atoms in total. The van der Waals surface area contributed by atoms with Gasteiger partial charge in [0, 0.05) is 19.0 Å². The van der Waals surface area contributed by atoms with Crippen molar-refractivity contribution >= 4 is 11.6 Å². The lowest BCUT2D eigenvalue weighted by Crippen LogP contribution is -2.24. The summed E-state index contributed by atoms with van der Waals surface area (Å²) in [6.07, 6.45) is 5.02. The van der Waals surface area contributed by atoms with Gasteiger partial charge in [-0.25, -0.2) is 0 Å². The van der Waals surface area contributed by atoms with E-state index >= 15 is 0 Å². The number of rotatable bonds is 4. The molecule has 1 aliphatic heterocycles. The van der Waals surface area contributed by atoms with Crippen molar-refractivity contribution in [3.63, 3.8) is 0 Å². The van der Waals surface area contributed by atoms with E-state index in [1.54, 1.807) is 0 Å². The number of halogens is 1. The monoisotopic (exact) mass is 203 g/mol. The number of nitrogens with zero attached hydrogens (tertiary/aromatic N) is 1. The molecule has 1 N–H and O–H groups in total. The maximum atomic E-state index is 9.38. The second-order valence-corrected chi connectivity index (χ2v) is 3.98. The Kier molecular flexibility index (Phi) is 4.78. The number of likely N-dealkylation sites (tertiary alicyclic amines) is 1. The van der Waals surface area contributed by atoms with Gasteiger partial charge in [-0.05, 0) is 25.8 Å². The molecular formula is C10H18ClNO. The van der Waals surface area contributed by atoms with Crippen molar-refractivity contribution in [2.45, 2.75) is 19.4 Å². The van der Waals surface area contributed by atoms with E-state index < -0.39 is 0 Å². The number of aliphatic hydroxyl groups excluding tert-OH is 1. The summed E-state index contributed by atoms with van der Waals surface area (Å²) in [5.74, 6) is 1.05. The second-order valence-electron chi connectivity index (χ2n) is 3.67. The highest BCUT2D eigenvalue weighted by Crippen LogP contribution is 2.18. The Hall–Kier alpha value is -0.0500. The van der Waals surface area contributed by atoms with Gasteiger partial charge in [0.25, 0.3) is 0 Å². The van der Waals surface area contributed by atoms with Gasteiger partial charge in [0.05, 0.1) is 6.10 Å². The van der Waals surface area contributed by atoms with Gasteiger partial charge in [0.2, 0.25) is 0 Å². The molecule has 0 aromatic heterocycles. The van der Waals surface area contributed by atoms with Crippen LogP contribution in [-0.2, 0) is 0 Å². The van der Waals surface area contributed by atoms with Crippen molar-refractivity contribution in [2.24, 2.45) is 5.92 Å². The lowest BCUT2D eigenvalue weighted by Gasteiger charge is -2.15. The summed E-state index contributed by atoms with van der Waals surface area (Å²) in [6.45, 7) is 4.96. The van der Waals surface area contributed by atoms with Gasteiger partial charge in [-0.2, -0.15) is 0 Å². The summed E-state index contributed by atoms with van der Waals surface area (Å²) in [5, 5.41) is 9.38. The standard InChI is InChI=1S/C10H18ClNO/c1-9(13)10-4-7-12(8-10)6-3-2-5-11/h2-3,9-10,13H,4-8H2,1H3/b3-2+. The molecule has 0 spiro atoms. The third-order valence-electron chi connectivity index (χ3n) is 2.61. The van der Waals surface area contributed by atoms with Crippen LogP contribution in [0.15, 0.2) is 12.2 Å². The molecule has 1 heterocycles. The minimum Gasteiger partial charge on any atom is -0.393 e. The van der Waals surface area contributed by atoms with Crippen molar-refractivity contribution in [3.05, 3.63) is 12.2 Å². The molecule has 0 aromatic carbocycles. The van der Waals surface area contributed by atoms with Gasteiger partial charge in [0.15, 0.2) is 0 Å². The fourth-order valence-corrected chi connectivity index (χ4v) is 1.83. The highest BCUT2D eigenvalue weighted by atomic mass is 35.5. The summed E-state index contributed by atoms with van der Waals surface area (Å²) in [4.78, 5) is 2.35. The molecule has 1 aliphatic rings. The third-order valence-corrected chi connectivity index (χ3v) is 2.79. The van der Waals surface area contributed by atoms with Gasteiger partial charge in [-0.15, -0.1) is 11.6 Å². The lowest BCUT2D eigenvalue weighted by molar-refractivity contribution is 0.129. The zero-order valence-corrected chi connectivity index (χ0v) is 8.87. The van der Waals surface area contributed by atoms with Crippen LogP contribution in [0.3, 0.4) is 0 Å². The molecule has 1 fully saturated rings. The van der Waals surface area contributed by atoms with Crippen LogP contribution in [0.2, 0.25) is 0 Å². The number of hydrogen-bond donors (Lipinski definition) is 1. The normalized spacial score (nSPS) is 27.2. The Morgan fingerprint density at radius 3 is 2.92 bits per heavy atom. The Bertz CT molecular complexity index is 170. The van der Waals surface area contributed by atoms with E-state index in [2.05, 4.69) is 11.0 Å². The van der Waals surface area contributed by atoms with Crippen molar-refractivity contribution < 1.29 is 5.11 Å². The van der Waals surface area contributed by atoms with E-state index in [1.165, 1.54) is 0 Å². The van der Waals surface area contributed by atoms with Gasteiger partial charge in [0.1, 0.15) is 0 Å². The predicted octanol–water partition coefficient (Wildman–Crippen LogP) is 1.48. The summed E-state index contributed by atoms with van der Waals surface area (Å²) in [5.41, 5.74) is 0. The van der Waals surface area contributed by atoms with Crippen LogP contribution in [-0.4, -0.2) is 41.6 Å². The summed E-state index contributed by atoms with van der Waals surface area (Å²) in [7, 11) is 0. The van der Waals surface area contributed by atoms with Gasteiger partial charge in [-0.3, -0.25) is 4.90 Å². The average Bonchev–Trinajstić information content (AvgIpc) is 2.53. The number of aliphatic hydroxyl groups is 1. The minimum absolute atomic E-state index is 0.165. The van der Waals surface area contributed by atoms with Crippen LogP contribution in [0.5, 0.6) is 0 Å². The summed E-state index contributed by atoms with van der Waals surface area (Å²) >= 11 is 5.52. The molecule has 1 rings (SSSR count). The Balaban J connectivity index is 2.21. The highest BCUT2D eigenvalue weighted by molar-refractivity contribution is 6.18. The third kappa shape index (κ3) is 3.67. The molecule has 3 heteroatoms. The number of alkyl halides is 1. The van der Waals surface area contributed by atoms with Crippen molar-refractivity contribution in [1.29, 1.82) is 0 Å². The van der Waals surface area contributed by atoms with E-state index in [-0.39, 0.29) is 6.10 Å². The number of allylic oxidation sites excluding steroid dienone is 1. The average molecular weight is 204 g/mol. The van der Waals surface area contributed by atoms with Crippen LogP contribution in [0.4, 0.5) is 0 Å². The molecule has 1 saturated heterocycles. The predicted molar refractivity (Wildman–Crippen MR) is 56.1 cm³/mol. The van der Waals surface area contributed by atoms with Crippen molar-refractivity contribution in [3.8, 4) is 0 Å². The molecule has 2 unspecified atom stereocenters. The van der Waals surface area contributed by atoms with Crippen LogP contribution in [0.25, 0.3) is 0 Å². The van der Waals surface area contributed by atoms with Gasteiger partial charge < -0.3 is 5.11 Å². The quantitative estimate of drug-likeness (QED) is 0.553. The van der Waals surface area contributed by atoms with E-state index in [1.807, 2.05) is 13.0 Å². The Morgan fingerprint density at radius 2 is 2.38 bits per heavy atom. The summed E-state index contributed by atoms with van der Waals surface area (Å²) in [6, 6.07) is 0. The fourth-order valence-electron chi connectivity index (χ4n) is 1.71. The molecule has 0 radical (unpaired) electrons. The van der Waals surface area contributed by atoms with Gasteiger partial charge >= 0.3 is 0 Å². The number of hydrogen-bond acceptors (Lipinski definition) is 2. The Labute approximate surface area is 85.2 Å². The smallest absolute Gasteiger partial charge is 0.0552 e. The van der Waals surface area contributed by atoms with Gasteiger partial charge in [-0.1, -0.05) is 12.2 Å². The minimum atomic E-state index is -0.165. The first-order valence-electron chi connectivity index (χ1n) is 4.85. The molecule has 0 aliphatic carbocycles. The highest BCUT2D eigenvalue weighted by Gasteiger charge is 2.24. The van der Waals surface area contributed by atoms with Crippen LogP contribution < -0.4 is 0 Å². The van der Waals surface area contributed by atoms with E-state index in [9.17, 15) is 5.11 Å². The topological polar surface area (TPSA) is 23.5 Å². The lowest BCUT2D eigenvalue weighted by atomic mass is 10.0. The fraction of sp³-hybridized carbons (Fsp3) is 0.800. The molecular weight excluding hydrogens is 186 g/mol. The molecule has 2 atom stereocenters. The molecule has 0 bridgehead atoms. The maximum absolute atomic E-state index is 9.38. The maximum Gasteiger partial charge on any atom is 0.0552 e.